The van der Waals surface area contributed by atoms with E-state index in [-0.39, 0.29) is 35.5 Å². The lowest BCUT2D eigenvalue weighted by Gasteiger charge is -2.22. The summed E-state index contributed by atoms with van der Waals surface area (Å²) in [7, 11) is 0. The van der Waals surface area contributed by atoms with E-state index >= 15 is 0 Å². The highest BCUT2D eigenvalue weighted by atomic mass is 16.2. The van der Waals surface area contributed by atoms with E-state index in [1.165, 1.54) is 4.90 Å². The summed E-state index contributed by atoms with van der Waals surface area (Å²) in [5, 5.41) is 2.89. The van der Waals surface area contributed by atoms with Crippen LogP contribution >= 0.6 is 0 Å². The van der Waals surface area contributed by atoms with Crippen LogP contribution in [0.15, 0.2) is 54.6 Å². The van der Waals surface area contributed by atoms with Crippen LogP contribution in [0.5, 0.6) is 0 Å². The van der Waals surface area contributed by atoms with Crippen LogP contribution in [0.2, 0.25) is 0 Å². The zero-order chi connectivity index (χ0) is 20.7. The van der Waals surface area contributed by atoms with Crippen LogP contribution in [-0.4, -0.2) is 17.7 Å². The lowest BCUT2D eigenvalue weighted by Crippen LogP contribution is -2.31. The van der Waals surface area contributed by atoms with E-state index < -0.39 is 0 Å². The fourth-order valence-corrected chi connectivity index (χ4v) is 4.21. The van der Waals surface area contributed by atoms with Crippen LogP contribution in [0.3, 0.4) is 0 Å². The van der Waals surface area contributed by atoms with Gasteiger partial charge < -0.3 is 5.32 Å². The first-order valence-corrected chi connectivity index (χ1v) is 9.90. The normalized spacial score (nSPS) is 23.3. The molecule has 1 saturated heterocycles. The van der Waals surface area contributed by atoms with Crippen molar-refractivity contribution in [2.45, 2.75) is 27.2 Å². The Morgan fingerprint density at radius 3 is 2.55 bits per heavy atom. The number of nitrogens with zero attached hydrogens (tertiary/aromatic N) is 1. The number of nitrogens with one attached hydrogen (secondary N) is 1. The molecule has 0 bridgehead atoms. The van der Waals surface area contributed by atoms with Gasteiger partial charge in [-0.3, -0.25) is 19.3 Å². The first kappa shape index (κ1) is 19.1. The number of anilines is 2. The minimum Gasteiger partial charge on any atom is -0.322 e. The number of carbonyl (C=O) groups is 3. The van der Waals surface area contributed by atoms with Crippen LogP contribution in [0.25, 0.3) is 0 Å². The number of imide groups is 1. The highest BCUT2D eigenvalue weighted by Crippen LogP contribution is 2.40. The second-order valence-electron chi connectivity index (χ2n) is 7.97. The van der Waals surface area contributed by atoms with Gasteiger partial charge >= 0.3 is 0 Å². The van der Waals surface area contributed by atoms with E-state index in [9.17, 15) is 14.4 Å². The summed E-state index contributed by atoms with van der Waals surface area (Å²) in [4.78, 5) is 39.9. The van der Waals surface area contributed by atoms with Gasteiger partial charge in [0.05, 0.1) is 17.5 Å². The Balaban J connectivity index is 1.59. The van der Waals surface area contributed by atoms with Gasteiger partial charge in [0.1, 0.15) is 0 Å². The van der Waals surface area contributed by atoms with Crippen LogP contribution in [-0.2, 0) is 9.59 Å². The number of benzene rings is 2. The number of allylic oxidation sites excluding steroid dienone is 2. The van der Waals surface area contributed by atoms with Gasteiger partial charge in [-0.2, -0.15) is 0 Å². The molecule has 0 aromatic heterocycles. The maximum absolute atomic E-state index is 13.0. The Morgan fingerprint density at radius 1 is 1.03 bits per heavy atom. The summed E-state index contributed by atoms with van der Waals surface area (Å²) in [5.74, 6) is -1.23. The third-order valence-electron chi connectivity index (χ3n) is 6.00. The van der Waals surface area contributed by atoms with Gasteiger partial charge in [-0.15, -0.1) is 0 Å². The number of amides is 3. The molecule has 148 valence electrons. The largest absolute Gasteiger partial charge is 0.322 e. The molecule has 1 aliphatic heterocycles. The van der Waals surface area contributed by atoms with Crippen LogP contribution in [0, 0.1) is 31.6 Å². The quantitative estimate of drug-likeness (QED) is 0.631. The summed E-state index contributed by atoms with van der Waals surface area (Å²) in [5.41, 5.74) is 3.82. The van der Waals surface area contributed by atoms with E-state index in [2.05, 4.69) is 5.32 Å². The minimum atomic E-state index is -0.319. The Labute approximate surface area is 170 Å². The molecular weight excluding hydrogens is 364 g/mol. The van der Waals surface area contributed by atoms with Gasteiger partial charge in [0.15, 0.2) is 0 Å². The molecule has 1 N–H and O–H groups in total. The van der Waals surface area contributed by atoms with Gasteiger partial charge in [-0.25, -0.2) is 0 Å². The average molecular weight is 388 g/mol. The summed E-state index contributed by atoms with van der Waals surface area (Å²) >= 11 is 0. The number of fused-ring (bicyclic) bond motifs is 1. The van der Waals surface area contributed by atoms with Gasteiger partial charge in [0, 0.05) is 11.3 Å². The van der Waals surface area contributed by atoms with E-state index in [4.69, 9.17) is 0 Å². The topological polar surface area (TPSA) is 66.5 Å². The molecule has 5 nitrogen and oxygen atoms in total. The van der Waals surface area contributed by atoms with E-state index in [1.807, 2.05) is 51.1 Å². The molecular formula is C24H24N2O3. The molecule has 4 rings (SSSR count). The van der Waals surface area contributed by atoms with Crippen molar-refractivity contribution in [2.75, 3.05) is 10.2 Å². The number of aryl methyl sites for hydroxylation is 2. The molecule has 0 radical (unpaired) electrons. The summed E-state index contributed by atoms with van der Waals surface area (Å²) in [6.07, 6.45) is 4.57. The summed E-state index contributed by atoms with van der Waals surface area (Å²) in [6.45, 7) is 5.98. The lowest BCUT2D eigenvalue weighted by molar-refractivity contribution is -0.122. The third-order valence-corrected chi connectivity index (χ3v) is 6.00. The smallest absolute Gasteiger partial charge is 0.255 e. The molecule has 0 saturated carbocycles. The fourth-order valence-electron chi connectivity index (χ4n) is 4.21. The molecule has 3 amide bonds. The van der Waals surface area contributed by atoms with Crippen molar-refractivity contribution in [2.24, 2.45) is 17.8 Å². The molecule has 1 aliphatic carbocycles. The Morgan fingerprint density at radius 2 is 1.83 bits per heavy atom. The zero-order valence-electron chi connectivity index (χ0n) is 16.8. The molecule has 1 fully saturated rings. The second-order valence-corrected chi connectivity index (χ2v) is 7.97. The second kappa shape index (κ2) is 7.32. The molecule has 2 aliphatic rings. The summed E-state index contributed by atoms with van der Waals surface area (Å²) in [6, 6.07) is 12.4. The molecule has 0 unspecified atom stereocenters. The predicted molar refractivity (Wildman–Crippen MR) is 113 cm³/mol. The maximum atomic E-state index is 13.0. The van der Waals surface area contributed by atoms with Gasteiger partial charge in [-0.05, 0) is 67.6 Å². The van der Waals surface area contributed by atoms with Crippen molar-refractivity contribution in [1.82, 2.24) is 0 Å². The molecule has 3 atom stereocenters. The standard InChI is InChI=1S/C24H24N2O3/c1-14-10-11-18(12-16(14)3)25-22(27)17-7-5-8-19(13-17)26-23(28)20-9-4-6-15(2)21(20)24(26)29/h4-8,10-13,15,20-21H,9H2,1-3H3,(H,25,27)/t15-,20+,21+/m0/s1. The van der Waals surface area contributed by atoms with Crippen molar-refractivity contribution in [3.8, 4) is 0 Å². The Kier molecular flexibility index (Phi) is 4.82. The Bertz CT molecular complexity index is 1040. The number of hydrogen-bond donors (Lipinski definition) is 1. The van der Waals surface area contributed by atoms with Crippen molar-refractivity contribution in [3.63, 3.8) is 0 Å². The molecule has 2 aromatic rings. The third kappa shape index (κ3) is 3.37. The van der Waals surface area contributed by atoms with E-state index in [0.29, 0.717) is 23.4 Å². The highest BCUT2D eigenvalue weighted by Gasteiger charge is 2.50. The predicted octanol–water partition coefficient (Wildman–Crippen LogP) is 4.26. The molecule has 1 heterocycles. The monoisotopic (exact) mass is 388 g/mol. The Hall–Kier alpha value is -3.21. The van der Waals surface area contributed by atoms with Crippen molar-refractivity contribution >= 4 is 29.1 Å². The van der Waals surface area contributed by atoms with Crippen molar-refractivity contribution in [3.05, 3.63) is 71.3 Å². The fraction of sp³-hybridized carbons (Fsp3) is 0.292. The first-order valence-electron chi connectivity index (χ1n) is 9.90. The molecule has 0 spiro atoms. The average Bonchev–Trinajstić information content (AvgIpc) is 2.96. The number of carbonyl (C=O) groups excluding carboxylic acids is 3. The SMILES string of the molecule is Cc1ccc(NC(=O)c2cccc(N3C(=O)[C@@H]4[C@@H](C)C=CC[C@H]4C3=O)c2)cc1C. The van der Waals surface area contributed by atoms with Crippen molar-refractivity contribution < 1.29 is 14.4 Å². The van der Waals surface area contributed by atoms with Crippen molar-refractivity contribution in [1.29, 1.82) is 0 Å². The minimum absolute atomic E-state index is 0.0338. The van der Waals surface area contributed by atoms with Crippen LogP contribution < -0.4 is 10.2 Å². The maximum Gasteiger partial charge on any atom is 0.255 e. The molecule has 29 heavy (non-hydrogen) atoms. The zero-order valence-corrected chi connectivity index (χ0v) is 16.8. The van der Waals surface area contributed by atoms with Crippen LogP contribution in [0.1, 0.15) is 34.8 Å². The number of rotatable bonds is 3. The molecule has 5 heteroatoms. The van der Waals surface area contributed by atoms with E-state index in [0.717, 1.165) is 11.1 Å². The van der Waals surface area contributed by atoms with E-state index in [1.54, 1.807) is 24.3 Å². The molecule has 2 aromatic carbocycles. The van der Waals surface area contributed by atoms with Gasteiger partial charge in [0.25, 0.3) is 5.91 Å². The van der Waals surface area contributed by atoms with Gasteiger partial charge in [-0.1, -0.05) is 31.2 Å². The van der Waals surface area contributed by atoms with Gasteiger partial charge in [0.2, 0.25) is 11.8 Å². The first-order chi connectivity index (χ1) is 13.9. The summed E-state index contributed by atoms with van der Waals surface area (Å²) < 4.78 is 0. The lowest BCUT2D eigenvalue weighted by atomic mass is 9.78. The van der Waals surface area contributed by atoms with Crippen LogP contribution in [0.4, 0.5) is 11.4 Å². The number of hydrogen-bond acceptors (Lipinski definition) is 3. The highest BCUT2D eigenvalue weighted by molar-refractivity contribution is 6.22.